The fourth-order valence-electron chi connectivity index (χ4n) is 4.01. The molecule has 164 valence electrons. The summed E-state index contributed by atoms with van der Waals surface area (Å²) >= 11 is 3.18. The van der Waals surface area contributed by atoms with Crippen molar-refractivity contribution in [2.24, 2.45) is 0 Å². The van der Waals surface area contributed by atoms with Gasteiger partial charge in [-0.25, -0.2) is 4.98 Å². The summed E-state index contributed by atoms with van der Waals surface area (Å²) in [6.45, 7) is 5.97. The second-order valence-electron chi connectivity index (χ2n) is 7.92. The van der Waals surface area contributed by atoms with E-state index >= 15 is 0 Å². The number of nitrogens with one attached hydrogen (secondary N) is 1. The number of piperazine rings is 1. The predicted molar refractivity (Wildman–Crippen MR) is 135 cm³/mol. The van der Waals surface area contributed by atoms with Crippen molar-refractivity contribution in [1.29, 1.82) is 0 Å². The van der Waals surface area contributed by atoms with Crippen molar-refractivity contribution in [1.82, 2.24) is 15.2 Å². The molecular formula is C25H26N4OS2. The first-order valence-corrected chi connectivity index (χ1v) is 12.7. The first-order chi connectivity index (χ1) is 15.8. The Morgan fingerprint density at radius 3 is 2.50 bits per heavy atom. The van der Waals surface area contributed by atoms with E-state index in [1.165, 1.54) is 21.7 Å². The molecule has 5 rings (SSSR count). The molecule has 1 N–H and O–H groups in total. The average Bonchev–Trinajstić information content (AvgIpc) is 3.50. The number of nitrogens with zero attached hydrogens (tertiary/aromatic N) is 3. The molecule has 0 radical (unpaired) electrons. The summed E-state index contributed by atoms with van der Waals surface area (Å²) in [5.41, 5.74) is 2.32. The van der Waals surface area contributed by atoms with E-state index in [0.29, 0.717) is 6.54 Å². The van der Waals surface area contributed by atoms with Crippen LogP contribution in [0.3, 0.4) is 0 Å². The zero-order chi connectivity index (χ0) is 21.8. The lowest BCUT2D eigenvalue weighted by atomic mass is 10.2. The zero-order valence-electron chi connectivity index (χ0n) is 17.9. The number of carbonyl (C=O) groups is 1. The van der Waals surface area contributed by atoms with Crippen LogP contribution in [0.5, 0.6) is 0 Å². The van der Waals surface area contributed by atoms with Gasteiger partial charge in [0.15, 0.2) is 0 Å². The molecule has 0 saturated carbocycles. The lowest BCUT2D eigenvalue weighted by Crippen LogP contribution is -2.47. The number of aromatic nitrogens is 1. The first-order valence-electron chi connectivity index (χ1n) is 11.0. The Morgan fingerprint density at radius 2 is 1.69 bits per heavy atom. The van der Waals surface area contributed by atoms with E-state index in [-0.39, 0.29) is 5.91 Å². The van der Waals surface area contributed by atoms with E-state index in [1.54, 1.807) is 11.3 Å². The summed E-state index contributed by atoms with van der Waals surface area (Å²) in [6, 6.07) is 22.7. The normalized spacial score (nSPS) is 14.7. The van der Waals surface area contributed by atoms with Gasteiger partial charge in [0.2, 0.25) is 0 Å². The molecule has 1 aliphatic heterocycles. The van der Waals surface area contributed by atoms with Gasteiger partial charge >= 0.3 is 0 Å². The van der Waals surface area contributed by atoms with Crippen LogP contribution >= 0.6 is 22.7 Å². The van der Waals surface area contributed by atoms with Crippen molar-refractivity contribution >= 4 is 44.5 Å². The molecule has 5 nitrogen and oxygen atoms in total. The van der Waals surface area contributed by atoms with Crippen LogP contribution in [0.1, 0.15) is 16.1 Å². The molecule has 0 bridgehead atoms. The lowest BCUT2D eigenvalue weighted by Gasteiger charge is -2.36. The number of hydrogen-bond acceptors (Lipinski definition) is 6. The smallest absolute Gasteiger partial charge is 0.261 e. The third-order valence-electron chi connectivity index (χ3n) is 5.76. The number of fused-ring (bicyclic) bond motifs is 1. The molecule has 1 aliphatic rings. The minimum Gasteiger partial charge on any atom is -0.369 e. The number of anilines is 1. The van der Waals surface area contributed by atoms with Gasteiger partial charge in [0, 0.05) is 38.4 Å². The van der Waals surface area contributed by atoms with Crippen LogP contribution in [0.25, 0.3) is 20.1 Å². The van der Waals surface area contributed by atoms with Crippen LogP contribution in [-0.4, -0.2) is 55.1 Å². The van der Waals surface area contributed by atoms with Crippen LogP contribution in [0.15, 0.2) is 66.7 Å². The van der Waals surface area contributed by atoms with Crippen molar-refractivity contribution in [2.45, 2.75) is 6.42 Å². The minimum absolute atomic E-state index is 0.0104. The Balaban J connectivity index is 1.06. The van der Waals surface area contributed by atoms with Crippen LogP contribution in [0, 0.1) is 0 Å². The van der Waals surface area contributed by atoms with Gasteiger partial charge < -0.3 is 10.2 Å². The summed E-state index contributed by atoms with van der Waals surface area (Å²) in [7, 11) is 0. The van der Waals surface area contributed by atoms with E-state index < -0.39 is 0 Å². The maximum absolute atomic E-state index is 12.6. The van der Waals surface area contributed by atoms with Crippen LogP contribution in [-0.2, 0) is 0 Å². The van der Waals surface area contributed by atoms with Crippen LogP contribution < -0.4 is 10.2 Å². The van der Waals surface area contributed by atoms with E-state index in [2.05, 4.69) is 51.5 Å². The topological polar surface area (TPSA) is 48.5 Å². The molecule has 4 aromatic rings. The molecule has 32 heavy (non-hydrogen) atoms. The van der Waals surface area contributed by atoms with Gasteiger partial charge in [-0.2, -0.15) is 0 Å². The number of rotatable bonds is 7. The standard InChI is InChI=1S/C25H26N4OS2/c30-24(22-11-12-23(31-22)25-27-20-9-4-5-10-21(20)32-25)26-13-6-14-28-15-17-29(18-16-28)19-7-2-1-3-8-19/h1-5,7-12H,6,13-18H2,(H,26,30). The van der Waals surface area contributed by atoms with Gasteiger partial charge in [-0.3, -0.25) is 9.69 Å². The molecule has 1 fully saturated rings. The van der Waals surface area contributed by atoms with E-state index in [0.717, 1.165) is 59.4 Å². The Labute approximate surface area is 196 Å². The molecule has 0 unspecified atom stereocenters. The Kier molecular flexibility index (Phi) is 6.48. The molecule has 1 saturated heterocycles. The van der Waals surface area contributed by atoms with Crippen molar-refractivity contribution < 1.29 is 4.79 Å². The molecule has 2 aromatic carbocycles. The highest BCUT2D eigenvalue weighted by atomic mass is 32.1. The third-order valence-corrected chi connectivity index (χ3v) is 8.05. The van der Waals surface area contributed by atoms with Crippen molar-refractivity contribution in [3.8, 4) is 9.88 Å². The van der Waals surface area contributed by atoms with E-state index in [9.17, 15) is 4.79 Å². The van der Waals surface area contributed by atoms with Gasteiger partial charge in [-0.1, -0.05) is 30.3 Å². The largest absolute Gasteiger partial charge is 0.369 e. The molecule has 1 amide bonds. The van der Waals surface area contributed by atoms with Crippen molar-refractivity contribution in [3.05, 3.63) is 71.6 Å². The van der Waals surface area contributed by atoms with Gasteiger partial charge in [-0.15, -0.1) is 22.7 Å². The fourth-order valence-corrected chi connectivity index (χ4v) is 5.96. The SMILES string of the molecule is O=C(NCCCN1CCN(c2ccccc2)CC1)c1ccc(-c2nc3ccccc3s2)s1. The van der Waals surface area contributed by atoms with Gasteiger partial charge in [0.25, 0.3) is 5.91 Å². The first kappa shape index (κ1) is 21.1. The quantitative estimate of drug-likeness (QED) is 0.394. The van der Waals surface area contributed by atoms with Crippen molar-refractivity contribution in [3.63, 3.8) is 0 Å². The second-order valence-corrected chi connectivity index (χ2v) is 10.0. The zero-order valence-corrected chi connectivity index (χ0v) is 19.5. The summed E-state index contributed by atoms with van der Waals surface area (Å²) in [4.78, 5) is 24.0. The van der Waals surface area contributed by atoms with Gasteiger partial charge in [-0.05, 0) is 49.4 Å². The average molecular weight is 463 g/mol. The number of thiazole rings is 1. The molecule has 0 aliphatic carbocycles. The Hall–Kier alpha value is -2.74. The number of carbonyl (C=O) groups excluding carboxylic acids is 1. The summed E-state index contributed by atoms with van der Waals surface area (Å²) in [6.07, 6.45) is 0.965. The molecular weight excluding hydrogens is 436 g/mol. The molecule has 3 heterocycles. The molecule has 0 spiro atoms. The summed E-state index contributed by atoms with van der Waals surface area (Å²) in [5.74, 6) is 0.0104. The van der Waals surface area contributed by atoms with Crippen molar-refractivity contribution in [2.75, 3.05) is 44.2 Å². The maximum atomic E-state index is 12.6. The monoisotopic (exact) mass is 462 g/mol. The van der Waals surface area contributed by atoms with Gasteiger partial charge in [0.05, 0.1) is 20.0 Å². The number of thiophene rings is 1. The number of amides is 1. The highest BCUT2D eigenvalue weighted by Gasteiger charge is 2.17. The van der Waals surface area contributed by atoms with E-state index in [1.807, 2.05) is 30.3 Å². The van der Waals surface area contributed by atoms with Crippen LogP contribution in [0.4, 0.5) is 5.69 Å². The highest BCUT2D eigenvalue weighted by Crippen LogP contribution is 2.34. The third kappa shape index (κ3) is 4.85. The number of hydrogen-bond donors (Lipinski definition) is 1. The Morgan fingerprint density at radius 1 is 0.906 bits per heavy atom. The highest BCUT2D eigenvalue weighted by molar-refractivity contribution is 7.26. The lowest BCUT2D eigenvalue weighted by molar-refractivity contribution is 0.0955. The number of para-hydroxylation sites is 2. The second kappa shape index (κ2) is 9.81. The summed E-state index contributed by atoms with van der Waals surface area (Å²) in [5, 5.41) is 4.06. The van der Waals surface area contributed by atoms with Crippen LogP contribution in [0.2, 0.25) is 0 Å². The summed E-state index contributed by atoms with van der Waals surface area (Å²) < 4.78 is 1.17. The van der Waals surface area contributed by atoms with Gasteiger partial charge in [0.1, 0.15) is 5.01 Å². The fraction of sp³-hybridized carbons (Fsp3) is 0.280. The molecule has 0 atom stereocenters. The molecule has 2 aromatic heterocycles. The minimum atomic E-state index is 0.0104. The maximum Gasteiger partial charge on any atom is 0.261 e. The number of benzene rings is 2. The van der Waals surface area contributed by atoms with E-state index in [4.69, 9.17) is 4.98 Å². The predicted octanol–water partition coefficient (Wildman–Crippen LogP) is 4.97. The molecule has 7 heteroatoms. The Bertz CT molecular complexity index is 1150.